The summed E-state index contributed by atoms with van der Waals surface area (Å²) in [7, 11) is 2.07. The number of fused-ring (bicyclic) bond motifs is 1. The maximum absolute atomic E-state index is 5.88. The summed E-state index contributed by atoms with van der Waals surface area (Å²) in [6, 6.07) is 9.22. The highest BCUT2D eigenvalue weighted by Crippen LogP contribution is 2.27. The Balaban J connectivity index is 1.67. The van der Waals surface area contributed by atoms with Gasteiger partial charge in [0.1, 0.15) is 0 Å². The van der Waals surface area contributed by atoms with Crippen LogP contribution in [0.3, 0.4) is 0 Å². The second kappa shape index (κ2) is 6.70. The molecule has 1 fully saturated rings. The summed E-state index contributed by atoms with van der Waals surface area (Å²) < 4.78 is 7.27. The molecular weight excluding hydrogens is 266 g/mol. The van der Waals surface area contributed by atoms with Crippen molar-refractivity contribution in [1.82, 2.24) is 5.32 Å². The van der Waals surface area contributed by atoms with E-state index in [0.29, 0.717) is 12.1 Å². The van der Waals surface area contributed by atoms with E-state index in [2.05, 4.69) is 42.0 Å². The normalized spacial score (nSPS) is 21.1. The van der Waals surface area contributed by atoms with Gasteiger partial charge in [-0.25, -0.2) is 0 Å². The molecule has 0 spiro atoms. The van der Waals surface area contributed by atoms with Gasteiger partial charge in [0.2, 0.25) is 0 Å². The van der Waals surface area contributed by atoms with Gasteiger partial charge in [-0.05, 0) is 61.5 Å². The van der Waals surface area contributed by atoms with Gasteiger partial charge in [-0.2, -0.15) is 0 Å². The highest BCUT2D eigenvalue weighted by molar-refractivity contribution is 7.17. The Kier molecular flexibility index (Phi) is 4.71. The second-order valence-corrected chi connectivity index (χ2v) is 6.58. The molecule has 2 nitrogen and oxygen atoms in total. The van der Waals surface area contributed by atoms with E-state index < -0.39 is 0 Å². The number of hydrogen-bond acceptors (Lipinski definition) is 3. The van der Waals surface area contributed by atoms with Gasteiger partial charge in [0.25, 0.3) is 0 Å². The molecule has 0 saturated carbocycles. The largest absolute Gasteiger partial charge is 0.378 e. The van der Waals surface area contributed by atoms with Gasteiger partial charge in [-0.1, -0.05) is 18.2 Å². The smallest absolute Gasteiger partial charge is 0.0590 e. The molecule has 1 aromatic heterocycles. The number of thiophene rings is 1. The lowest BCUT2D eigenvalue weighted by molar-refractivity contribution is 0.00571. The number of likely N-dealkylation sites (N-methyl/N-ethyl adjacent to an activating group) is 1. The first kappa shape index (κ1) is 14.1. The lowest BCUT2D eigenvalue weighted by Crippen LogP contribution is -2.34. The van der Waals surface area contributed by atoms with E-state index in [4.69, 9.17) is 4.74 Å². The van der Waals surface area contributed by atoms with E-state index in [1.54, 1.807) is 0 Å². The van der Waals surface area contributed by atoms with Gasteiger partial charge in [-0.15, -0.1) is 11.3 Å². The van der Waals surface area contributed by atoms with Crippen LogP contribution in [0.1, 0.15) is 31.2 Å². The van der Waals surface area contributed by atoms with Crippen molar-refractivity contribution in [2.45, 2.75) is 44.2 Å². The third kappa shape index (κ3) is 3.22. The number of nitrogens with one attached hydrogen (secondary N) is 1. The van der Waals surface area contributed by atoms with Crippen molar-refractivity contribution in [1.29, 1.82) is 0 Å². The quantitative estimate of drug-likeness (QED) is 0.898. The molecule has 0 amide bonds. The fourth-order valence-electron chi connectivity index (χ4n) is 3.07. The summed E-state index contributed by atoms with van der Waals surface area (Å²) in [5.41, 5.74) is 1.47. The Labute approximate surface area is 125 Å². The van der Waals surface area contributed by atoms with Gasteiger partial charge >= 0.3 is 0 Å². The van der Waals surface area contributed by atoms with Crippen LogP contribution in [0.15, 0.2) is 29.6 Å². The van der Waals surface area contributed by atoms with Crippen molar-refractivity contribution in [2.75, 3.05) is 13.7 Å². The van der Waals surface area contributed by atoms with Crippen LogP contribution in [0.5, 0.6) is 0 Å². The first-order valence-electron chi connectivity index (χ1n) is 7.61. The van der Waals surface area contributed by atoms with Crippen LogP contribution in [0.4, 0.5) is 0 Å². The molecule has 3 rings (SSSR count). The summed E-state index contributed by atoms with van der Waals surface area (Å²) in [5.74, 6) is 0. The van der Waals surface area contributed by atoms with Gasteiger partial charge in [0.15, 0.2) is 0 Å². The Morgan fingerprint density at radius 1 is 1.35 bits per heavy atom. The molecule has 1 saturated heterocycles. The molecule has 1 aromatic carbocycles. The molecule has 1 aliphatic rings. The maximum atomic E-state index is 5.88. The Morgan fingerprint density at radius 3 is 3.05 bits per heavy atom. The van der Waals surface area contributed by atoms with Gasteiger partial charge in [0, 0.05) is 17.3 Å². The summed E-state index contributed by atoms with van der Waals surface area (Å²) >= 11 is 1.85. The van der Waals surface area contributed by atoms with Crippen LogP contribution < -0.4 is 5.32 Å². The summed E-state index contributed by atoms with van der Waals surface area (Å²) in [6.45, 7) is 0.947. The fraction of sp³-hybridized carbons (Fsp3) is 0.529. The van der Waals surface area contributed by atoms with Gasteiger partial charge in [-0.3, -0.25) is 0 Å². The number of benzene rings is 1. The molecule has 0 aliphatic carbocycles. The third-order valence-corrected chi connectivity index (χ3v) is 5.27. The highest BCUT2D eigenvalue weighted by atomic mass is 32.1. The lowest BCUT2D eigenvalue weighted by Gasteiger charge is -2.26. The average molecular weight is 289 g/mol. The molecular formula is C17H23NOS. The van der Waals surface area contributed by atoms with E-state index in [9.17, 15) is 0 Å². The zero-order valence-corrected chi connectivity index (χ0v) is 12.9. The third-order valence-electron chi connectivity index (χ3n) is 4.26. The Hall–Kier alpha value is -0.900. The van der Waals surface area contributed by atoms with Crippen molar-refractivity contribution < 1.29 is 4.74 Å². The van der Waals surface area contributed by atoms with Crippen LogP contribution >= 0.6 is 11.3 Å². The minimum atomic E-state index is 0.450. The minimum Gasteiger partial charge on any atom is -0.378 e. The number of rotatable bonds is 5. The molecule has 20 heavy (non-hydrogen) atoms. The maximum Gasteiger partial charge on any atom is 0.0590 e. The number of hydrogen-bond donors (Lipinski definition) is 1. The van der Waals surface area contributed by atoms with Crippen molar-refractivity contribution in [3.63, 3.8) is 0 Å². The van der Waals surface area contributed by atoms with Crippen molar-refractivity contribution in [3.8, 4) is 0 Å². The van der Waals surface area contributed by atoms with Crippen LogP contribution in [0, 0.1) is 0 Å². The highest BCUT2D eigenvalue weighted by Gasteiger charge is 2.19. The molecule has 2 heterocycles. The second-order valence-electron chi connectivity index (χ2n) is 5.67. The Bertz CT molecular complexity index is 545. The molecule has 0 radical (unpaired) electrons. The summed E-state index contributed by atoms with van der Waals surface area (Å²) in [4.78, 5) is 0. The average Bonchev–Trinajstić information content (AvgIpc) is 2.91. The van der Waals surface area contributed by atoms with E-state index in [1.165, 1.54) is 34.9 Å². The zero-order valence-electron chi connectivity index (χ0n) is 12.1. The van der Waals surface area contributed by atoms with Crippen molar-refractivity contribution >= 4 is 21.4 Å². The molecule has 3 heteroatoms. The first-order valence-corrected chi connectivity index (χ1v) is 8.49. The summed E-state index contributed by atoms with van der Waals surface area (Å²) in [6.07, 6.45) is 6.45. The van der Waals surface area contributed by atoms with E-state index >= 15 is 0 Å². The van der Waals surface area contributed by atoms with Gasteiger partial charge < -0.3 is 10.1 Å². The van der Waals surface area contributed by atoms with E-state index in [-0.39, 0.29) is 0 Å². The molecule has 2 aromatic rings. The SMILES string of the molecule is CNC(Cc1csc2ccccc12)CC1CCCCO1. The topological polar surface area (TPSA) is 21.3 Å². The minimum absolute atomic E-state index is 0.450. The standard InChI is InChI=1S/C17H23NOS/c1-18-14(11-15-6-4-5-9-19-15)10-13-12-20-17-8-3-2-7-16(13)17/h2-3,7-8,12,14-15,18H,4-6,9-11H2,1H3. The first-order chi connectivity index (χ1) is 9.86. The molecule has 1 aliphatic heterocycles. The van der Waals surface area contributed by atoms with Crippen LogP contribution in [-0.2, 0) is 11.2 Å². The lowest BCUT2D eigenvalue weighted by atomic mass is 9.97. The van der Waals surface area contributed by atoms with Crippen LogP contribution in [0.25, 0.3) is 10.1 Å². The van der Waals surface area contributed by atoms with E-state index in [1.807, 2.05) is 11.3 Å². The summed E-state index contributed by atoms with van der Waals surface area (Å²) in [5, 5.41) is 7.21. The Morgan fingerprint density at radius 2 is 2.25 bits per heavy atom. The van der Waals surface area contributed by atoms with Crippen LogP contribution in [0.2, 0.25) is 0 Å². The predicted octanol–water partition coefficient (Wildman–Crippen LogP) is 3.99. The fourth-order valence-corrected chi connectivity index (χ4v) is 4.05. The molecule has 108 valence electrons. The predicted molar refractivity (Wildman–Crippen MR) is 86.6 cm³/mol. The molecule has 0 bridgehead atoms. The zero-order chi connectivity index (χ0) is 13.8. The van der Waals surface area contributed by atoms with Crippen molar-refractivity contribution in [2.24, 2.45) is 0 Å². The molecule has 2 atom stereocenters. The van der Waals surface area contributed by atoms with E-state index in [0.717, 1.165) is 19.4 Å². The number of ether oxygens (including phenoxy) is 1. The van der Waals surface area contributed by atoms with Crippen molar-refractivity contribution in [3.05, 3.63) is 35.2 Å². The molecule has 1 N–H and O–H groups in total. The van der Waals surface area contributed by atoms with Crippen LogP contribution in [-0.4, -0.2) is 25.8 Å². The monoisotopic (exact) mass is 289 g/mol. The molecule has 2 unspecified atom stereocenters. The van der Waals surface area contributed by atoms with Gasteiger partial charge in [0.05, 0.1) is 6.10 Å².